The zero-order chi connectivity index (χ0) is 18.7. The van der Waals surface area contributed by atoms with Gasteiger partial charge in [0.1, 0.15) is 16.5 Å². The SMILES string of the molecule is CCc1csc(-c2ccnc(Nc3cc(OC)cc(C(F)(F)F)c3)n2)n1. The number of ether oxygens (including phenoxy) is 1. The van der Waals surface area contributed by atoms with Gasteiger partial charge in [0.05, 0.1) is 18.4 Å². The van der Waals surface area contributed by atoms with Crippen LogP contribution in [0.1, 0.15) is 18.2 Å². The van der Waals surface area contributed by atoms with Crippen LogP contribution in [0.5, 0.6) is 5.75 Å². The van der Waals surface area contributed by atoms with Crippen molar-refractivity contribution in [2.24, 2.45) is 0 Å². The van der Waals surface area contributed by atoms with Crippen LogP contribution in [0.4, 0.5) is 24.8 Å². The number of benzene rings is 1. The number of aryl methyl sites for hydroxylation is 1. The van der Waals surface area contributed by atoms with Crippen LogP contribution in [-0.4, -0.2) is 22.1 Å². The number of aromatic nitrogens is 3. The Morgan fingerprint density at radius 2 is 2.00 bits per heavy atom. The summed E-state index contributed by atoms with van der Waals surface area (Å²) < 4.78 is 44.0. The van der Waals surface area contributed by atoms with E-state index >= 15 is 0 Å². The molecule has 0 saturated heterocycles. The highest BCUT2D eigenvalue weighted by Gasteiger charge is 2.31. The van der Waals surface area contributed by atoms with Gasteiger partial charge in [-0.25, -0.2) is 15.0 Å². The summed E-state index contributed by atoms with van der Waals surface area (Å²) in [7, 11) is 1.31. The molecule has 3 aromatic rings. The number of halogens is 3. The molecule has 26 heavy (non-hydrogen) atoms. The molecule has 0 radical (unpaired) electrons. The fourth-order valence-corrected chi connectivity index (χ4v) is 3.08. The topological polar surface area (TPSA) is 59.9 Å². The Morgan fingerprint density at radius 3 is 2.65 bits per heavy atom. The molecule has 2 heterocycles. The number of hydrogen-bond donors (Lipinski definition) is 1. The van der Waals surface area contributed by atoms with Gasteiger partial charge < -0.3 is 10.1 Å². The molecule has 1 N–H and O–H groups in total. The lowest BCUT2D eigenvalue weighted by atomic mass is 10.2. The third-order valence-electron chi connectivity index (χ3n) is 3.51. The van der Waals surface area contributed by atoms with Crippen molar-refractivity contribution in [2.45, 2.75) is 19.5 Å². The number of hydrogen-bond acceptors (Lipinski definition) is 6. The highest BCUT2D eigenvalue weighted by atomic mass is 32.1. The number of nitrogens with one attached hydrogen (secondary N) is 1. The molecular weight excluding hydrogens is 365 g/mol. The fraction of sp³-hybridized carbons (Fsp3) is 0.235. The monoisotopic (exact) mass is 380 g/mol. The van der Waals surface area contributed by atoms with Gasteiger partial charge in [0.15, 0.2) is 0 Å². The lowest BCUT2D eigenvalue weighted by Crippen LogP contribution is -2.07. The molecule has 1 aromatic carbocycles. The highest BCUT2D eigenvalue weighted by Crippen LogP contribution is 2.34. The van der Waals surface area contributed by atoms with E-state index < -0.39 is 11.7 Å². The van der Waals surface area contributed by atoms with Gasteiger partial charge in [0, 0.05) is 23.3 Å². The van der Waals surface area contributed by atoms with Crippen LogP contribution >= 0.6 is 11.3 Å². The zero-order valence-electron chi connectivity index (χ0n) is 14.0. The highest BCUT2D eigenvalue weighted by molar-refractivity contribution is 7.13. The quantitative estimate of drug-likeness (QED) is 0.680. The first-order chi connectivity index (χ1) is 12.4. The molecule has 0 amide bonds. The predicted molar refractivity (Wildman–Crippen MR) is 93.8 cm³/mol. The van der Waals surface area contributed by atoms with Gasteiger partial charge in [-0.05, 0) is 24.6 Å². The van der Waals surface area contributed by atoms with Crippen LogP contribution in [0.3, 0.4) is 0 Å². The summed E-state index contributed by atoms with van der Waals surface area (Å²) in [4.78, 5) is 12.9. The summed E-state index contributed by atoms with van der Waals surface area (Å²) in [6.45, 7) is 2.01. The molecule has 0 aliphatic carbocycles. The summed E-state index contributed by atoms with van der Waals surface area (Å²) in [5.74, 6) is 0.267. The smallest absolute Gasteiger partial charge is 0.416 e. The van der Waals surface area contributed by atoms with E-state index in [0.717, 1.165) is 29.3 Å². The van der Waals surface area contributed by atoms with Gasteiger partial charge in [0.25, 0.3) is 0 Å². The van der Waals surface area contributed by atoms with E-state index in [1.165, 1.54) is 30.7 Å². The standard InChI is InChI=1S/C17H15F3N4OS/c1-3-11-9-26-15(22-11)14-4-5-21-16(24-14)23-12-6-10(17(18,19)20)7-13(8-12)25-2/h4-9H,3H2,1-2H3,(H,21,23,24). The van der Waals surface area contributed by atoms with E-state index in [1.54, 1.807) is 6.07 Å². The Balaban J connectivity index is 1.90. The number of methoxy groups -OCH3 is 1. The van der Waals surface area contributed by atoms with Gasteiger partial charge in [-0.2, -0.15) is 13.2 Å². The van der Waals surface area contributed by atoms with Crippen molar-refractivity contribution < 1.29 is 17.9 Å². The molecule has 0 aliphatic heterocycles. The van der Waals surface area contributed by atoms with Crippen LogP contribution in [0, 0.1) is 0 Å². The van der Waals surface area contributed by atoms with Gasteiger partial charge in [-0.15, -0.1) is 11.3 Å². The lowest BCUT2D eigenvalue weighted by molar-refractivity contribution is -0.137. The number of alkyl halides is 3. The first-order valence-corrected chi connectivity index (χ1v) is 8.58. The molecule has 0 saturated carbocycles. The van der Waals surface area contributed by atoms with Crippen molar-refractivity contribution in [1.82, 2.24) is 15.0 Å². The van der Waals surface area contributed by atoms with Gasteiger partial charge in [-0.3, -0.25) is 0 Å². The Kier molecular flexibility index (Phi) is 5.08. The number of anilines is 2. The maximum atomic E-state index is 13.0. The molecule has 0 atom stereocenters. The zero-order valence-corrected chi connectivity index (χ0v) is 14.8. The van der Waals surface area contributed by atoms with E-state index in [1.807, 2.05) is 12.3 Å². The second kappa shape index (κ2) is 7.28. The van der Waals surface area contributed by atoms with E-state index in [2.05, 4.69) is 20.3 Å². The van der Waals surface area contributed by atoms with Crippen molar-refractivity contribution in [2.75, 3.05) is 12.4 Å². The van der Waals surface area contributed by atoms with Crippen molar-refractivity contribution in [3.63, 3.8) is 0 Å². The van der Waals surface area contributed by atoms with E-state index in [-0.39, 0.29) is 17.4 Å². The van der Waals surface area contributed by atoms with Crippen LogP contribution in [0.25, 0.3) is 10.7 Å². The third-order valence-corrected chi connectivity index (χ3v) is 4.43. The van der Waals surface area contributed by atoms with Crippen molar-refractivity contribution >= 4 is 23.0 Å². The van der Waals surface area contributed by atoms with Crippen molar-refractivity contribution in [3.05, 3.63) is 47.1 Å². The molecule has 3 rings (SSSR count). The van der Waals surface area contributed by atoms with Crippen LogP contribution in [-0.2, 0) is 12.6 Å². The van der Waals surface area contributed by atoms with E-state index in [4.69, 9.17) is 4.74 Å². The first-order valence-electron chi connectivity index (χ1n) is 7.70. The lowest BCUT2D eigenvalue weighted by Gasteiger charge is -2.12. The first kappa shape index (κ1) is 18.1. The molecule has 2 aromatic heterocycles. The van der Waals surface area contributed by atoms with Gasteiger partial charge in [0.2, 0.25) is 5.95 Å². The normalized spacial score (nSPS) is 11.4. The minimum Gasteiger partial charge on any atom is -0.497 e. The van der Waals surface area contributed by atoms with Gasteiger partial charge >= 0.3 is 6.18 Å². The molecule has 9 heteroatoms. The average molecular weight is 380 g/mol. The summed E-state index contributed by atoms with van der Waals surface area (Å²) in [5, 5.41) is 5.47. The summed E-state index contributed by atoms with van der Waals surface area (Å²) in [6, 6.07) is 5.07. The Morgan fingerprint density at radius 1 is 1.19 bits per heavy atom. The second-order valence-electron chi connectivity index (χ2n) is 5.34. The maximum absolute atomic E-state index is 13.0. The predicted octanol–water partition coefficient (Wildman–Crippen LogP) is 4.93. The minimum atomic E-state index is -4.48. The van der Waals surface area contributed by atoms with Crippen LogP contribution < -0.4 is 10.1 Å². The molecular formula is C17H15F3N4OS. The summed E-state index contributed by atoms with van der Waals surface area (Å²) >= 11 is 1.46. The number of nitrogens with zero attached hydrogens (tertiary/aromatic N) is 3. The largest absolute Gasteiger partial charge is 0.497 e. The fourth-order valence-electron chi connectivity index (χ4n) is 2.21. The Hall–Kier alpha value is -2.68. The molecule has 0 spiro atoms. The Labute approximate surface area is 151 Å². The number of thiazole rings is 1. The molecule has 0 fully saturated rings. The molecule has 0 aliphatic rings. The molecule has 0 unspecified atom stereocenters. The minimum absolute atomic E-state index is 0.0889. The second-order valence-corrected chi connectivity index (χ2v) is 6.19. The maximum Gasteiger partial charge on any atom is 0.416 e. The van der Waals surface area contributed by atoms with Crippen molar-refractivity contribution in [1.29, 1.82) is 0 Å². The van der Waals surface area contributed by atoms with Crippen LogP contribution in [0.2, 0.25) is 0 Å². The van der Waals surface area contributed by atoms with Crippen molar-refractivity contribution in [3.8, 4) is 16.5 Å². The summed E-state index contributed by atoms with van der Waals surface area (Å²) in [6.07, 6.45) is -2.13. The summed E-state index contributed by atoms with van der Waals surface area (Å²) in [5.41, 5.74) is 0.928. The molecule has 0 bridgehead atoms. The number of rotatable bonds is 5. The molecule has 136 valence electrons. The molecule has 5 nitrogen and oxygen atoms in total. The van der Waals surface area contributed by atoms with E-state index in [0.29, 0.717) is 5.69 Å². The van der Waals surface area contributed by atoms with E-state index in [9.17, 15) is 13.2 Å². The average Bonchev–Trinajstić information content (AvgIpc) is 3.10. The van der Waals surface area contributed by atoms with Crippen LogP contribution in [0.15, 0.2) is 35.8 Å². The third kappa shape index (κ3) is 4.10. The Bertz CT molecular complexity index is 911. The van der Waals surface area contributed by atoms with Gasteiger partial charge in [-0.1, -0.05) is 6.92 Å².